The van der Waals surface area contributed by atoms with Crippen molar-refractivity contribution in [2.75, 3.05) is 0 Å². The van der Waals surface area contributed by atoms with Crippen molar-refractivity contribution in [2.45, 2.75) is 122 Å². The van der Waals surface area contributed by atoms with Gasteiger partial charge in [0.25, 0.3) is 0 Å². The summed E-state index contributed by atoms with van der Waals surface area (Å²) in [5.74, 6) is 0. The molecule has 0 unspecified atom stereocenters. The van der Waals surface area contributed by atoms with Crippen molar-refractivity contribution in [3.63, 3.8) is 0 Å². The zero-order chi connectivity index (χ0) is 34.1. The predicted molar refractivity (Wildman–Crippen MR) is 206 cm³/mol. The zero-order valence-electron chi connectivity index (χ0n) is 29.8. The van der Waals surface area contributed by atoms with E-state index in [4.69, 9.17) is 0 Å². The van der Waals surface area contributed by atoms with Crippen LogP contribution in [0, 0.1) is 22.7 Å². The number of benzene rings is 4. The number of allylic oxidation sites excluding steroid dienone is 1. The minimum absolute atomic E-state index is 0.0294. The Morgan fingerprint density at radius 1 is 0.469 bits per heavy atom. The molecule has 0 saturated heterocycles. The van der Waals surface area contributed by atoms with Crippen LogP contribution in [-0.4, -0.2) is 0 Å². The largest absolute Gasteiger partial charge is 0.192 e. The lowest BCUT2D eigenvalue weighted by Gasteiger charge is -2.33. The van der Waals surface area contributed by atoms with Crippen LogP contribution in [0.5, 0.6) is 0 Å². The maximum Gasteiger partial charge on any atom is 0.138 e. The summed E-state index contributed by atoms with van der Waals surface area (Å²) in [5, 5.41) is 19.9. The molecule has 0 aliphatic heterocycles. The van der Waals surface area contributed by atoms with Crippen LogP contribution >= 0.6 is 0 Å². The highest BCUT2D eigenvalue weighted by Crippen LogP contribution is 2.55. The van der Waals surface area contributed by atoms with Crippen LogP contribution in [0.1, 0.15) is 139 Å². The SMILES string of the molecule is CCCCCCCCCC1(CCCCCCCCC)c2ccccc2-c2ccc(-c3ccc4c(c3)C(=C(C#N)C#N)c3ccccc3-4)cc21. The first-order valence-corrected chi connectivity index (χ1v) is 19.2. The predicted octanol–water partition coefficient (Wildman–Crippen LogP) is 13.7. The lowest BCUT2D eigenvalue weighted by Crippen LogP contribution is -2.25. The summed E-state index contributed by atoms with van der Waals surface area (Å²) < 4.78 is 0. The first-order chi connectivity index (χ1) is 24.2. The fraction of sp³-hybridized carbons (Fsp3) is 0.404. The average molecular weight is 645 g/mol. The van der Waals surface area contributed by atoms with Crippen molar-refractivity contribution in [1.82, 2.24) is 0 Å². The maximum absolute atomic E-state index is 9.93. The third-order valence-electron chi connectivity index (χ3n) is 11.3. The standard InChI is InChI=1S/C47H52N2/c1-3-5-7-9-11-13-19-29-47(30-20-14-12-10-8-6-4-2)44-24-18-17-22-40(44)41-28-26-36(32-45(41)47)35-25-27-39-38-21-15-16-23-42(38)46(43(39)31-35)37(33-48)34-49/h15-18,21-28,31-32H,3-14,19-20,29-30H2,1-2H3. The molecular weight excluding hydrogens is 593 g/mol. The molecule has 0 N–H and O–H groups in total. The molecule has 2 aliphatic carbocycles. The topological polar surface area (TPSA) is 47.6 Å². The van der Waals surface area contributed by atoms with Crippen molar-refractivity contribution in [1.29, 1.82) is 10.5 Å². The van der Waals surface area contributed by atoms with E-state index in [1.54, 1.807) is 0 Å². The van der Waals surface area contributed by atoms with Gasteiger partial charge in [0, 0.05) is 11.0 Å². The molecule has 0 spiro atoms. The van der Waals surface area contributed by atoms with Crippen LogP contribution in [-0.2, 0) is 5.41 Å². The number of hydrogen-bond donors (Lipinski definition) is 0. The van der Waals surface area contributed by atoms with E-state index < -0.39 is 0 Å². The van der Waals surface area contributed by atoms with Crippen molar-refractivity contribution < 1.29 is 0 Å². The van der Waals surface area contributed by atoms with Gasteiger partial charge in [0.15, 0.2) is 0 Å². The van der Waals surface area contributed by atoms with Crippen LogP contribution in [0.3, 0.4) is 0 Å². The summed E-state index contributed by atoms with van der Waals surface area (Å²) in [6.45, 7) is 4.59. The van der Waals surface area contributed by atoms with Gasteiger partial charge in [-0.25, -0.2) is 0 Å². The Bertz CT molecular complexity index is 1840. The molecule has 4 aromatic rings. The van der Waals surface area contributed by atoms with Gasteiger partial charge in [-0.15, -0.1) is 0 Å². The number of nitrogens with zero attached hydrogens (tertiary/aromatic N) is 2. The Labute approximate surface area is 295 Å². The van der Waals surface area contributed by atoms with Gasteiger partial charge in [-0.1, -0.05) is 177 Å². The second kappa shape index (κ2) is 16.3. The van der Waals surface area contributed by atoms with E-state index in [-0.39, 0.29) is 11.0 Å². The summed E-state index contributed by atoms with van der Waals surface area (Å²) in [4.78, 5) is 0. The molecule has 0 amide bonds. The molecule has 4 aromatic carbocycles. The fourth-order valence-corrected chi connectivity index (χ4v) is 8.72. The van der Waals surface area contributed by atoms with Crippen molar-refractivity contribution in [2.24, 2.45) is 0 Å². The highest BCUT2D eigenvalue weighted by molar-refractivity contribution is 6.05. The van der Waals surface area contributed by atoms with E-state index in [9.17, 15) is 10.5 Å². The summed E-state index contributed by atoms with van der Waals surface area (Å²) in [5.41, 5.74) is 13.3. The summed E-state index contributed by atoms with van der Waals surface area (Å²) in [6.07, 6.45) is 20.9. The molecule has 2 nitrogen and oxygen atoms in total. The molecule has 6 rings (SSSR count). The molecule has 2 heteroatoms. The van der Waals surface area contributed by atoms with Gasteiger partial charge in [0.1, 0.15) is 17.7 Å². The van der Waals surface area contributed by atoms with E-state index in [1.165, 1.54) is 131 Å². The van der Waals surface area contributed by atoms with Crippen LogP contribution < -0.4 is 0 Å². The van der Waals surface area contributed by atoms with Gasteiger partial charge < -0.3 is 0 Å². The number of nitriles is 2. The summed E-state index contributed by atoms with van der Waals surface area (Å²) in [7, 11) is 0. The zero-order valence-corrected chi connectivity index (χ0v) is 29.8. The Morgan fingerprint density at radius 2 is 0.939 bits per heavy atom. The van der Waals surface area contributed by atoms with Gasteiger partial charge in [0.05, 0.1) is 0 Å². The van der Waals surface area contributed by atoms with Crippen molar-refractivity contribution in [3.8, 4) is 45.5 Å². The third kappa shape index (κ3) is 7.03. The lowest BCUT2D eigenvalue weighted by atomic mass is 9.70. The molecule has 0 heterocycles. The molecule has 0 atom stereocenters. The van der Waals surface area contributed by atoms with E-state index in [0.717, 1.165) is 33.4 Å². The lowest BCUT2D eigenvalue weighted by molar-refractivity contribution is 0.397. The first kappa shape index (κ1) is 34.5. The second-order valence-electron chi connectivity index (χ2n) is 14.4. The third-order valence-corrected chi connectivity index (χ3v) is 11.3. The van der Waals surface area contributed by atoms with E-state index >= 15 is 0 Å². The highest BCUT2D eigenvalue weighted by Gasteiger charge is 2.42. The van der Waals surface area contributed by atoms with Crippen molar-refractivity contribution in [3.05, 3.63) is 113 Å². The van der Waals surface area contributed by atoms with E-state index in [2.05, 4.69) is 92.7 Å². The molecule has 0 saturated carbocycles. The number of unbranched alkanes of at least 4 members (excludes halogenated alkanes) is 12. The van der Waals surface area contributed by atoms with Gasteiger partial charge >= 0.3 is 0 Å². The maximum atomic E-state index is 9.93. The Morgan fingerprint density at radius 3 is 1.55 bits per heavy atom. The monoisotopic (exact) mass is 644 g/mol. The quantitative estimate of drug-likeness (QED) is 0.0747. The molecule has 2 aliphatic rings. The molecule has 49 heavy (non-hydrogen) atoms. The number of fused-ring (bicyclic) bond motifs is 6. The first-order valence-electron chi connectivity index (χ1n) is 19.2. The van der Waals surface area contributed by atoms with Crippen molar-refractivity contribution >= 4 is 5.57 Å². The number of rotatable bonds is 17. The summed E-state index contributed by atoms with van der Waals surface area (Å²) in [6, 6.07) is 35.6. The van der Waals surface area contributed by atoms with Gasteiger partial charge in [-0.2, -0.15) is 10.5 Å². The molecule has 0 fully saturated rings. The minimum atomic E-state index is 0.0294. The average Bonchev–Trinajstić information content (AvgIpc) is 3.61. The molecule has 250 valence electrons. The van der Waals surface area contributed by atoms with Crippen LogP contribution in [0.4, 0.5) is 0 Å². The Balaban J connectivity index is 1.37. The van der Waals surface area contributed by atoms with Crippen LogP contribution in [0.25, 0.3) is 39.0 Å². The smallest absolute Gasteiger partial charge is 0.138 e. The van der Waals surface area contributed by atoms with Gasteiger partial charge in [-0.3, -0.25) is 0 Å². The molecular formula is C47H52N2. The van der Waals surface area contributed by atoms with Gasteiger partial charge in [0.2, 0.25) is 0 Å². The van der Waals surface area contributed by atoms with E-state index in [0.29, 0.717) is 0 Å². The second-order valence-corrected chi connectivity index (χ2v) is 14.4. The molecule has 0 bridgehead atoms. The molecule has 0 aromatic heterocycles. The molecule has 0 radical (unpaired) electrons. The highest BCUT2D eigenvalue weighted by atomic mass is 14.4. The normalized spacial score (nSPS) is 13.3. The van der Waals surface area contributed by atoms with Crippen LogP contribution in [0.2, 0.25) is 0 Å². The van der Waals surface area contributed by atoms with E-state index in [1.807, 2.05) is 18.2 Å². The minimum Gasteiger partial charge on any atom is -0.192 e. The fourth-order valence-electron chi connectivity index (χ4n) is 8.72. The van der Waals surface area contributed by atoms with Crippen LogP contribution in [0.15, 0.2) is 90.5 Å². The Hall–Kier alpha value is -4.40. The summed E-state index contributed by atoms with van der Waals surface area (Å²) >= 11 is 0. The Kier molecular flexibility index (Phi) is 11.5. The van der Waals surface area contributed by atoms with Gasteiger partial charge in [-0.05, 0) is 80.6 Å². The number of hydrogen-bond acceptors (Lipinski definition) is 2.